The van der Waals surface area contributed by atoms with Crippen LogP contribution in [0.2, 0.25) is 0 Å². The highest BCUT2D eigenvalue weighted by molar-refractivity contribution is 7.99. The van der Waals surface area contributed by atoms with Crippen molar-refractivity contribution in [1.82, 2.24) is 20.5 Å². The maximum atomic E-state index is 11.5. The number of aromatic amines is 1. The number of hydrogen-bond acceptors (Lipinski definition) is 5. The Labute approximate surface area is 112 Å². The molecule has 0 bridgehead atoms. The van der Waals surface area contributed by atoms with Crippen LogP contribution in [0, 0.1) is 6.92 Å². The first-order chi connectivity index (χ1) is 8.48. The molecule has 0 radical (unpaired) electrons. The summed E-state index contributed by atoms with van der Waals surface area (Å²) < 4.78 is 0. The number of nitrogens with one attached hydrogen (secondary N) is 2. The zero-order valence-electron chi connectivity index (χ0n) is 11.1. The molecule has 0 aromatic carbocycles. The molecule has 1 aromatic heterocycles. The van der Waals surface area contributed by atoms with Gasteiger partial charge in [0.05, 0.1) is 5.54 Å². The van der Waals surface area contributed by atoms with Crippen LogP contribution >= 0.6 is 11.8 Å². The van der Waals surface area contributed by atoms with Crippen LogP contribution in [0.3, 0.4) is 0 Å². The topological polar surface area (TPSA) is 96.7 Å². The van der Waals surface area contributed by atoms with Crippen molar-refractivity contribution in [2.45, 2.75) is 44.3 Å². The van der Waals surface area contributed by atoms with Gasteiger partial charge in [-0.1, -0.05) is 18.7 Å². The van der Waals surface area contributed by atoms with Gasteiger partial charge in [-0.25, -0.2) is 4.98 Å². The summed E-state index contributed by atoms with van der Waals surface area (Å²) in [5, 5.41) is 10.7. The molecular weight excluding hydrogens is 250 g/mol. The Morgan fingerprint density at radius 2 is 2.33 bits per heavy atom. The van der Waals surface area contributed by atoms with Crippen LogP contribution in [0.5, 0.6) is 0 Å². The lowest BCUT2D eigenvalue weighted by Gasteiger charge is -2.27. The maximum absolute atomic E-state index is 11.5. The van der Waals surface area contributed by atoms with E-state index in [2.05, 4.69) is 27.4 Å². The predicted octanol–water partition coefficient (Wildman–Crippen LogP) is 0.839. The average molecular weight is 271 g/mol. The molecule has 0 aliphatic heterocycles. The molecule has 4 N–H and O–H groups in total. The van der Waals surface area contributed by atoms with Crippen LogP contribution in [0.1, 0.15) is 32.5 Å². The SMILES string of the molecule is CCCNC(C)(CCSc1n[nH]c(C)n1)C(N)=O. The monoisotopic (exact) mass is 271 g/mol. The first-order valence-corrected chi connectivity index (χ1v) is 7.03. The molecule has 1 unspecified atom stereocenters. The number of rotatable bonds is 8. The largest absolute Gasteiger partial charge is 0.368 e. The quantitative estimate of drug-likeness (QED) is 0.609. The number of nitrogens with two attached hydrogens (primary N) is 1. The van der Waals surface area contributed by atoms with Crippen molar-refractivity contribution in [2.75, 3.05) is 12.3 Å². The van der Waals surface area contributed by atoms with Crippen molar-refractivity contribution < 1.29 is 4.79 Å². The van der Waals surface area contributed by atoms with Gasteiger partial charge in [0.1, 0.15) is 5.82 Å². The Morgan fingerprint density at radius 1 is 1.61 bits per heavy atom. The molecular formula is C11H21N5OS. The molecule has 0 fully saturated rings. The molecule has 1 aromatic rings. The number of aromatic nitrogens is 3. The van der Waals surface area contributed by atoms with E-state index in [4.69, 9.17) is 5.73 Å². The van der Waals surface area contributed by atoms with Gasteiger partial charge in [-0.3, -0.25) is 9.89 Å². The van der Waals surface area contributed by atoms with Crippen molar-refractivity contribution in [3.05, 3.63) is 5.82 Å². The minimum Gasteiger partial charge on any atom is -0.368 e. The second-order valence-electron chi connectivity index (χ2n) is 4.42. The molecule has 0 saturated carbocycles. The van der Waals surface area contributed by atoms with Crippen LogP contribution in [0.4, 0.5) is 0 Å². The van der Waals surface area contributed by atoms with Crippen molar-refractivity contribution in [3.63, 3.8) is 0 Å². The molecule has 18 heavy (non-hydrogen) atoms. The predicted molar refractivity (Wildman–Crippen MR) is 72.4 cm³/mol. The third-order valence-corrected chi connectivity index (χ3v) is 3.57. The molecule has 0 saturated heterocycles. The number of hydrogen-bond donors (Lipinski definition) is 3. The normalized spacial score (nSPS) is 14.4. The van der Waals surface area contributed by atoms with Gasteiger partial charge in [-0.05, 0) is 33.2 Å². The van der Waals surface area contributed by atoms with Crippen molar-refractivity contribution in [2.24, 2.45) is 5.73 Å². The van der Waals surface area contributed by atoms with Gasteiger partial charge in [-0.15, -0.1) is 5.10 Å². The number of nitrogens with zero attached hydrogens (tertiary/aromatic N) is 2. The van der Waals surface area contributed by atoms with Gasteiger partial charge < -0.3 is 11.1 Å². The summed E-state index contributed by atoms with van der Waals surface area (Å²) in [5.74, 6) is 1.22. The summed E-state index contributed by atoms with van der Waals surface area (Å²) in [6.07, 6.45) is 1.62. The second-order valence-corrected chi connectivity index (χ2v) is 5.49. The molecule has 6 nitrogen and oxygen atoms in total. The Balaban J connectivity index is 2.44. The molecule has 0 aliphatic carbocycles. The van der Waals surface area contributed by atoms with Gasteiger partial charge in [0.15, 0.2) is 0 Å². The van der Waals surface area contributed by atoms with Crippen molar-refractivity contribution >= 4 is 17.7 Å². The summed E-state index contributed by atoms with van der Waals surface area (Å²) in [6.45, 7) is 6.53. The van der Waals surface area contributed by atoms with E-state index in [0.717, 1.165) is 24.5 Å². The molecule has 0 aliphatic rings. The number of thioether (sulfide) groups is 1. The fourth-order valence-electron chi connectivity index (χ4n) is 1.43. The molecule has 1 heterocycles. The highest BCUT2D eigenvalue weighted by Crippen LogP contribution is 2.18. The summed E-state index contributed by atoms with van der Waals surface area (Å²) in [5.41, 5.74) is 4.79. The Hall–Kier alpha value is -1.08. The summed E-state index contributed by atoms with van der Waals surface area (Å²) in [6, 6.07) is 0. The number of aryl methyl sites for hydroxylation is 1. The van der Waals surface area contributed by atoms with Gasteiger partial charge in [0, 0.05) is 5.75 Å². The molecule has 0 spiro atoms. The van der Waals surface area contributed by atoms with Gasteiger partial charge in [-0.2, -0.15) is 0 Å². The first kappa shape index (κ1) is 15.0. The van der Waals surface area contributed by atoms with Crippen LogP contribution in [0.25, 0.3) is 0 Å². The van der Waals surface area contributed by atoms with Crippen molar-refractivity contribution in [1.29, 1.82) is 0 Å². The van der Waals surface area contributed by atoms with Crippen LogP contribution in [-0.2, 0) is 4.79 Å². The number of H-pyrrole nitrogens is 1. The minimum absolute atomic E-state index is 0.317. The maximum Gasteiger partial charge on any atom is 0.237 e. The molecule has 1 rings (SSSR count). The summed E-state index contributed by atoms with van der Waals surface area (Å²) in [4.78, 5) is 15.7. The molecule has 102 valence electrons. The number of carbonyl (C=O) groups is 1. The Bertz CT molecular complexity index is 395. The molecule has 1 atom stereocenters. The van der Waals surface area contributed by atoms with E-state index >= 15 is 0 Å². The zero-order chi connectivity index (χ0) is 13.6. The zero-order valence-corrected chi connectivity index (χ0v) is 11.9. The third kappa shape index (κ3) is 4.30. The highest BCUT2D eigenvalue weighted by atomic mass is 32.2. The van der Waals surface area contributed by atoms with E-state index < -0.39 is 5.54 Å². The minimum atomic E-state index is -0.658. The lowest BCUT2D eigenvalue weighted by Crippen LogP contribution is -2.53. The van der Waals surface area contributed by atoms with E-state index in [1.165, 1.54) is 11.8 Å². The van der Waals surface area contributed by atoms with Gasteiger partial charge in [0.25, 0.3) is 0 Å². The van der Waals surface area contributed by atoms with Crippen LogP contribution < -0.4 is 11.1 Å². The fraction of sp³-hybridized carbons (Fsp3) is 0.727. The fourth-order valence-corrected chi connectivity index (χ4v) is 2.44. The second kappa shape index (κ2) is 6.75. The smallest absolute Gasteiger partial charge is 0.237 e. The standard InChI is InChI=1S/C11H21N5OS/c1-4-6-13-11(3,9(12)17)5-7-18-10-14-8(2)15-16-10/h13H,4-7H2,1-3H3,(H2,12,17)(H,14,15,16). The Kier molecular flexibility index (Phi) is 5.61. The number of amides is 1. The van der Waals surface area contributed by atoms with E-state index in [1.807, 2.05) is 13.8 Å². The van der Waals surface area contributed by atoms with Gasteiger partial charge in [0.2, 0.25) is 11.1 Å². The van der Waals surface area contributed by atoms with E-state index in [-0.39, 0.29) is 5.91 Å². The highest BCUT2D eigenvalue weighted by Gasteiger charge is 2.29. The first-order valence-electron chi connectivity index (χ1n) is 6.04. The van der Waals surface area contributed by atoms with Crippen LogP contribution in [-0.4, -0.2) is 38.9 Å². The van der Waals surface area contributed by atoms with Crippen LogP contribution in [0.15, 0.2) is 5.16 Å². The molecule has 1 amide bonds. The van der Waals surface area contributed by atoms with E-state index in [9.17, 15) is 4.79 Å². The van der Waals surface area contributed by atoms with Crippen molar-refractivity contribution in [3.8, 4) is 0 Å². The average Bonchev–Trinajstić information content (AvgIpc) is 2.72. The van der Waals surface area contributed by atoms with E-state index in [1.54, 1.807) is 0 Å². The summed E-state index contributed by atoms with van der Waals surface area (Å²) >= 11 is 1.52. The summed E-state index contributed by atoms with van der Waals surface area (Å²) in [7, 11) is 0. The third-order valence-electron chi connectivity index (χ3n) is 2.72. The lowest BCUT2D eigenvalue weighted by molar-refractivity contribution is -0.123. The van der Waals surface area contributed by atoms with Gasteiger partial charge >= 0.3 is 0 Å². The Morgan fingerprint density at radius 3 is 2.83 bits per heavy atom. The lowest BCUT2D eigenvalue weighted by atomic mass is 9.98. The number of carbonyl (C=O) groups excluding carboxylic acids is 1. The number of primary amides is 1. The van der Waals surface area contributed by atoms with E-state index in [0.29, 0.717) is 11.6 Å². The molecule has 7 heteroatoms.